The minimum atomic E-state index is -0.521. The van der Waals surface area contributed by atoms with Gasteiger partial charge in [0, 0.05) is 5.69 Å². The van der Waals surface area contributed by atoms with Gasteiger partial charge >= 0.3 is 0 Å². The van der Waals surface area contributed by atoms with Crippen molar-refractivity contribution in [3.05, 3.63) is 71.3 Å². The first-order chi connectivity index (χ1) is 17.8. The highest BCUT2D eigenvalue weighted by Crippen LogP contribution is 2.27. The lowest BCUT2D eigenvalue weighted by Gasteiger charge is -2.06. The molecule has 2 aromatic carbocycles. The molecule has 9 nitrogen and oxygen atoms in total. The monoisotopic (exact) mass is 540 g/mol. The molecular formula is C25H25FN6O3S2. The van der Waals surface area contributed by atoms with E-state index < -0.39 is 5.91 Å². The van der Waals surface area contributed by atoms with Crippen LogP contribution in [0.3, 0.4) is 0 Å². The van der Waals surface area contributed by atoms with Gasteiger partial charge in [0.15, 0.2) is 15.8 Å². The van der Waals surface area contributed by atoms with Crippen LogP contribution in [0.4, 0.5) is 15.2 Å². The highest BCUT2D eigenvalue weighted by atomic mass is 32.2. The topological polar surface area (TPSA) is 111 Å². The summed E-state index contributed by atoms with van der Waals surface area (Å²) in [6.07, 6.45) is 2.32. The van der Waals surface area contributed by atoms with Gasteiger partial charge in [0.1, 0.15) is 5.82 Å². The summed E-state index contributed by atoms with van der Waals surface area (Å²) < 4.78 is 21.0. The first kappa shape index (κ1) is 26.3. The Hall–Kier alpha value is -3.77. The fourth-order valence-electron chi connectivity index (χ4n) is 3.41. The van der Waals surface area contributed by atoms with Crippen molar-refractivity contribution in [1.29, 1.82) is 0 Å². The number of nitrogens with one attached hydrogen (secondary N) is 2. The van der Waals surface area contributed by atoms with Gasteiger partial charge < -0.3 is 10.1 Å². The molecule has 2 amide bonds. The van der Waals surface area contributed by atoms with E-state index in [0.717, 1.165) is 34.6 Å². The number of ether oxygens (including phenoxy) is 1. The summed E-state index contributed by atoms with van der Waals surface area (Å²) in [6, 6.07) is 11.6. The quantitative estimate of drug-likeness (QED) is 0.209. The number of nitrogens with zero attached hydrogens (tertiary/aromatic N) is 4. The van der Waals surface area contributed by atoms with Crippen LogP contribution in [0.1, 0.15) is 35.0 Å². The number of hydrogen-bond acceptors (Lipinski definition) is 8. The van der Waals surface area contributed by atoms with E-state index in [2.05, 4.69) is 25.9 Å². The maximum atomic E-state index is 13.3. The minimum absolute atomic E-state index is 0.0648. The van der Waals surface area contributed by atoms with E-state index in [0.29, 0.717) is 22.4 Å². The molecule has 0 saturated heterocycles. The summed E-state index contributed by atoms with van der Waals surface area (Å²) in [5, 5.41) is 18.2. The molecule has 37 heavy (non-hydrogen) atoms. The van der Waals surface area contributed by atoms with Crippen molar-refractivity contribution in [2.75, 3.05) is 23.0 Å². The number of aryl methyl sites for hydroxylation is 2. The fourth-order valence-corrected chi connectivity index (χ4v) is 4.95. The van der Waals surface area contributed by atoms with Crippen molar-refractivity contribution >= 4 is 45.7 Å². The molecule has 0 radical (unpaired) electrons. The molecule has 2 aromatic heterocycles. The molecule has 192 valence electrons. The SMILES string of the molecule is CCCOc1cn(-c2ccc(F)cc2)nc1C(=O)Nc1nnc(SCC(=O)Nc2cc(C)cc(C)c2)s1. The zero-order valence-corrected chi connectivity index (χ0v) is 22.1. The second kappa shape index (κ2) is 12.0. The van der Waals surface area contributed by atoms with Crippen LogP contribution < -0.4 is 15.4 Å². The molecule has 0 atom stereocenters. The highest BCUT2D eigenvalue weighted by Gasteiger charge is 2.21. The second-order valence-corrected chi connectivity index (χ2v) is 10.4. The van der Waals surface area contributed by atoms with Crippen molar-refractivity contribution in [1.82, 2.24) is 20.0 Å². The van der Waals surface area contributed by atoms with E-state index >= 15 is 0 Å². The number of amides is 2. The second-order valence-electron chi connectivity index (χ2n) is 8.15. The number of rotatable bonds is 10. The van der Waals surface area contributed by atoms with E-state index in [9.17, 15) is 14.0 Å². The summed E-state index contributed by atoms with van der Waals surface area (Å²) in [4.78, 5) is 25.3. The third-order valence-corrected chi connectivity index (χ3v) is 6.88. The molecule has 4 aromatic rings. The van der Waals surface area contributed by atoms with Gasteiger partial charge in [0.2, 0.25) is 11.0 Å². The summed E-state index contributed by atoms with van der Waals surface area (Å²) in [7, 11) is 0. The third-order valence-electron chi connectivity index (χ3n) is 4.91. The van der Waals surface area contributed by atoms with Crippen molar-refractivity contribution in [2.24, 2.45) is 0 Å². The van der Waals surface area contributed by atoms with E-state index in [1.165, 1.54) is 28.6 Å². The maximum absolute atomic E-state index is 13.3. The molecule has 0 spiro atoms. The van der Waals surface area contributed by atoms with Crippen LogP contribution in [-0.2, 0) is 4.79 Å². The number of hydrogen-bond donors (Lipinski definition) is 2. The summed E-state index contributed by atoms with van der Waals surface area (Å²) in [6.45, 7) is 6.30. The smallest absolute Gasteiger partial charge is 0.281 e. The van der Waals surface area contributed by atoms with E-state index in [1.807, 2.05) is 39.0 Å². The summed E-state index contributed by atoms with van der Waals surface area (Å²) in [5.74, 6) is -0.617. The van der Waals surface area contributed by atoms with Crippen LogP contribution in [0.15, 0.2) is 53.0 Å². The van der Waals surface area contributed by atoms with Crippen LogP contribution in [-0.4, -0.2) is 44.2 Å². The van der Waals surface area contributed by atoms with Crippen LogP contribution in [0.25, 0.3) is 5.69 Å². The molecule has 0 bridgehead atoms. The zero-order chi connectivity index (χ0) is 26.4. The molecule has 2 heterocycles. The lowest BCUT2D eigenvalue weighted by Crippen LogP contribution is -2.14. The molecule has 0 saturated carbocycles. The Labute approximate surface area is 221 Å². The zero-order valence-electron chi connectivity index (χ0n) is 20.4. The van der Waals surface area contributed by atoms with Crippen LogP contribution in [0, 0.1) is 19.7 Å². The Kier molecular flexibility index (Phi) is 8.51. The molecule has 2 N–H and O–H groups in total. The Bertz CT molecular complexity index is 1380. The van der Waals surface area contributed by atoms with Crippen LogP contribution in [0.5, 0.6) is 5.75 Å². The first-order valence-corrected chi connectivity index (χ1v) is 13.2. The molecule has 12 heteroatoms. The molecule has 0 aliphatic rings. The van der Waals surface area contributed by atoms with Gasteiger partial charge in [-0.3, -0.25) is 14.9 Å². The first-order valence-electron chi connectivity index (χ1n) is 11.4. The maximum Gasteiger partial charge on any atom is 0.281 e. The predicted octanol–water partition coefficient (Wildman–Crippen LogP) is 5.25. The van der Waals surface area contributed by atoms with E-state index in [4.69, 9.17) is 4.74 Å². The molecule has 4 rings (SSSR count). The van der Waals surface area contributed by atoms with Crippen molar-refractivity contribution in [3.8, 4) is 11.4 Å². The number of benzene rings is 2. The van der Waals surface area contributed by atoms with Gasteiger partial charge in [0.25, 0.3) is 5.91 Å². The van der Waals surface area contributed by atoms with Crippen molar-refractivity contribution in [3.63, 3.8) is 0 Å². The van der Waals surface area contributed by atoms with Gasteiger partial charge in [-0.25, -0.2) is 9.07 Å². The normalized spacial score (nSPS) is 10.8. The molecule has 0 aliphatic heterocycles. The third kappa shape index (κ3) is 7.14. The molecule has 0 aliphatic carbocycles. The predicted molar refractivity (Wildman–Crippen MR) is 142 cm³/mol. The Morgan fingerprint density at radius 1 is 1.08 bits per heavy atom. The number of thioether (sulfide) groups is 1. The van der Waals surface area contributed by atoms with Gasteiger partial charge in [-0.2, -0.15) is 5.10 Å². The largest absolute Gasteiger partial charge is 0.489 e. The Balaban J connectivity index is 1.39. The molecule has 0 fully saturated rings. The van der Waals surface area contributed by atoms with Crippen LogP contribution in [0.2, 0.25) is 0 Å². The van der Waals surface area contributed by atoms with Gasteiger partial charge in [-0.15, -0.1) is 10.2 Å². The lowest BCUT2D eigenvalue weighted by atomic mass is 10.1. The Morgan fingerprint density at radius 3 is 2.51 bits per heavy atom. The number of aromatic nitrogens is 4. The average Bonchev–Trinajstić information content (AvgIpc) is 3.48. The van der Waals surface area contributed by atoms with Crippen LogP contribution >= 0.6 is 23.1 Å². The van der Waals surface area contributed by atoms with E-state index in [-0.39, 0.29) is 28.3 Å². The summed E-state index contributed by atoms with van der Waals surface area (Å²) >= 11 is 2.37. The highest BCUT2D eigenvalue weighted by molar-refractivity contribution is 8.01. The number of carbonyl (C=O) groups excluding carboxylic acids is 2. The number of halogens is 1. The van der Waals surface area contributed by atoms with Gasteiger partial charge in [-0.1, -0.05) is 36.1 Å². The number of anilines is 2. The molecule has 0 unspecified atom stereocenters. The van der Waals surface area contributed by atoms with E-state index in [1.54, 1.807) is 18.3 Å². The van der Waals surface area contributed by atoms with Gasteiger partial charge in [-0.05, 0) is 67.8 Å². The average molecular weight is 541 g/mol. The van der Waals surface area contributed by atoms with Crippen molar-refractivity contribution < 1.29 is 18.7 Å². The lowest BCUT2D eigenvalue weighted by molar-refractivity contribution is -0.113. The molecular weight excluding hydrogens is 515 g/mol. The standard InChI is InChI=1S/C25H25FN6O3S2/c1-4-9-35-20-13-32(19-7-5-17(26)6-8-19)31-22(20)23(34)28-24-29-30-25(37-24)36-14-21(33)27-18-11-15(2)10-16(3)12-18/h5-8,10-13H,4,9,14H2,1-3H3,(H,27,33)(H,28,29,34). The van der Waals surface area contributed by atoms with Crippen molar-refractivity contribution in [2.45, 2.75) is 31.5 Å². The Morgan fingerprint density at radius 2 is 1.81 bits per heavy atom. The number of carbonyl (C=O) groups is 2. The van der Waals surface area contributed by atoms with Gasteiger partial charge in [0.05, 0.1) is 24.2 Å². The summed E-state index contributed by atoms with van der Waals surface area (Å²) in [5.41, 5.74) is 3.52. The fraction of sp³-hybridized carbons (Fsp3) is 0.240. The minimum Gasteiger partial charge on any atom is -0.489 e.